The van der Waals surface area contributed by atoms with Gasteiger partial charge in [-0.1, -0.05) is 61.0 Å². The average molecular weight is 409 g/mol. The zero-order chi connectivity index (χ0) is 22.3. The predicted molar refractivity (Wildman–Crippen MR) is 123 cm³/mol. The van der Waals surface area contributed by atoms with Crippen LogP contribution in [0.25, 0.3) is 0 Å². The fraction of sp³-hybridized carbons (Fsp3) is 0.462. The van der Waals surface area contributed by atoms with Crippen LogP contribution in [0, 0.1) is 6.92 Å². The highest BCUT2D eigenvalue weighted by atomic mass is 16.2. The molecule has 2 aromatic carbocycles. The van der Waals surface area contributed by atoms with Crippen molar-refractivity contribution in [1.29, 1.82) is 0 Å². The summed E-state index contributed by atoms with van der Waals surface area (Å²) in [5.41, 5.74) is 4.26. The Labute approximate surface area is 181 Å². The van der Waals surface area contributed by atoms with E-state index in [1.54, 1.807) is 4.90 Å². The van der Waals surface area contributed by atoms with Gasteiger partial charge in [0.15, 0.2) is 0 Å². The minimum atomic E-state index is -0.542. The van der Waals surface area contributed by atoms with Crippen molar-refractivity contribution in [2.45, 2.75) is 78.9 Å². The summed E-state index contributed by atoms with van der Waals surface area (Å²) in [7, 11) is 0. The number of hydrogen-bond acceptors (Lipinski definition) is 2. The predicted octanol–water partition coefficient (Wildman–Crippen LogP) is 4.82. The summed E-state index contributed by atoms with van der Waals surface area (Å²) in [6.07, 6.45) is 2.05. The van der Waals surface area contributed by atoms with E-state index >= 15 is 0 Å². The molecule has 0 bridgehead atoms. The van der Waals surface area contributed by atoms with Crippen LogP contribution in [-0.4, -0.2) is 28.3 Å². The number of nitrogens with zero attached hydrogens (tertiary/aromatic N) is 1. The topological polar surface area (TPSA) is 49.4 Å². The van der Waals surface area contributed by atoms with Crippen molar-refractivity contribution >= 4 is 11.8 Å². The molecule has 4 nitrogen and oxygen atoms in total. The van der Waals surface area contributed by atoms with E-state index in [4.69, 9.17) is 0 Å². The van der Waals surface area contributed by atoms with Gasteiger partial charge in [-0.3, -0.25) is 9.59 Å². The third kappa shape index (κ3) is 7.33. The van der Waals surface area contributed by atoms with Crippen LogP contribution in [0.4, 0.5) is 0 Å². The van der Waals surface area contributed by atoms with Gasteiger partial charge in [-0.25, -0.2) is 0 Å². The number of carbonyl (C=O) groups excluding carboxylic acids is 2. The van der Waals surface area contributed by atoms with Crippen molar-refractivity contribution in [3.63, 3.8) is 0 Å². The first kappa shape index (κ1) is 23.7. The molecule has 0 aromatic heterocycles. The Morgan fingerprint density at radius 3 is 2.20 bits per heavy atom. The normalized spacial score (nSPS) is 12.3. The van der Waals surface area contributed by atoms with Crippen molar-refractivity contribution in [2.75, 3.05) is 0 Å². The van der Waals surface area contributed by atoms with Crippen molar-refractivity contribution in [1.82, 2.24) is 10.2 Å². The van der Waals surface area contributed by atoms with E-state index in [9.17, 15) is 9.59 Å². The fourth-order valence-corrected chi connectivity index (χ4v) is 3.40. The molecule has 0 aliphatic rings. The van der Waals surface area contributed by atoms with Gasteiger partial charge in [0.2, 0.25) is 11.8 Å². The number of amides is 2. The van der Waals surface area contributed by atoms with Crippen molar-refractivity contribution in [3.8, 4) is 0 Å². The summed E-state index contributed by atoms with van der Waals surface area (Å²) < 4.78 is 0. The standard InChI is InChI=1S/C26H36N2O2/c1-7-21-11-13-22(14-12-21)15-16-24(29)28(18-23-10-8-9-19(2)17-23)20(3)25(30)27-26(4,5)6/h8-14,17,20H,7,15-16,18H2,1-6H3,(H,27,30). The summed E-state index contributed by atoms with van der Waals surface area (Å²) in [4.78, 5) is 27.7. The van der Waals surface area contributed by atoms with E-state index in [2.05, 4.69) is 42.6 Å². The maximum absolute atomic E-state index is 13.2. The summed E-state index contributed by atoms with van der Waals surface area (Å²) in [6.45, 7) is 12.2. The molecule has 0 fully saturated rings. The third-order valence-corrected chi connectivity index (χ3v) is 5.16. The quantitative estimate of drug-likeness (QED) is 0.681. The van der Waals surface area contributed by atoms with Gasteiger partial charge < -0.3 is 10.2 Å². The maximum atomic E-state index is 13.2. The smallest absolute Gasteiger partial charge is 0.242 e. The number of nitrogens with one attached hydrogen (secondary N) is 1. The average Bonchev–Trinajstić information content (AvgIpc) is 2.69. The zero-order valence-electron chi connectivity index (χ0n) is 19.3. The lowest BCUT2D eigenvalue weighted by Crippen LogP contribution is -2.52. The van der Waals surface area contributed by atoms with E-state index in [-0.39, 0.29) is 17.4 Å². The Morgan fingerprint density at radius 2 is 1.63 bits per heavy atom. The van der Waals surface area contributed by atoms with Gasteiger partial charge in [0.1, 0.15) is 6.04 Å². The van der Waals surface area contributed by atoms with E-state index in [1.807, 2.05) is 52.8 Å². The molecular weight excluding hydrogens is 372 g/mol. The van der Waals surface area contributed by atoms with Gasteiger partial charge >= 0.3 is 0 Å². The lowest BCUT2D eigenvalue weighted by molar-refractivity contribution is -0.141. The molecule has 0 aliphatic carbocycles. The molecule has 0 spiro atoms. The van der Waals surface area contributed by atoms with Crippen LogP contribution < -0.4 is 5.32 Å². The minimum absolute atomic E-state index is 0.00682. The van der Waals surface area contributed by atoms with Crippen molar-refractivity contribution < 1.29 is 9.59 Å². The molecule has 0 saturated carbocycles. The van der Waals surface area contributed by atoms with Gasteiger partial charge in [0.05, 0.1) is 0 Å². The second-order valence-electron chi connectivity index (χ2n) is 9.10. The number of carbonyl (C=O) groups is 2. The highest BCUT2D eigenvalue weighted by Crippen LogP contribution is 2.15. The molecule has 30 heavy (non-hydrogen) atoms. The molecule has 0 aliphatic heterocycles. The summed E-state index contributed by atoms with van der Waals surface area (Å²) >= 11 is 0. The summed E-state index contributed by atoms with van der Waals surface area (Å²) in [5, 5.41) is 3.01. The van der Waals surface area contributed by atoms with Crippen LogP contribution in [0.15, 0.2) is 48.5 Å². The molecule has 2 rings (SSSR count). The Morgan fingerprint density at radius 1 is 1.00 bits per heavy atom. The number of rotatable bonds is 8. The van der Waals surface area contributed by atoms with Crippen molar-refractivity contribution in [3.05, 3.63) is 70.8 Å². The van der Waals surface area contributed by atoms with E-state index < -0.39 is 6.04 Å². The van der Waals surface area contributed by atoms with E-state index in [0.29, 0.717) is 19.4 Å². The molecule has 0 radical (unpaired) electrons. The highest BCUT2D eigenvalue weighted by molar-refractivity contribution is 5.87. The molecule has 4 heteroatoms. The Bertz CT molecular complexity index is 850. The molecule has 162 valence electrons. The summed E-state index contributed by atoms with van der Waals surface area (Å²) in [6, 6.07) is 16.0. The third-order valence-electron chi connectivity index (χ3n) is 5.16. The van der Waals surface area contributed by atoms with Gasteiger partial charge in [-0.15, -0.1) is 0 Å². The SMILES string of the molecule is CCc1ccc(CCC(=O)N(Cc2cccc(C)c2)C(C)C(=O)NC(C)(C)C)cc1. The Kier molecular flexibility index (Phi) is 8.22. The van der Waals surface area contributed by atoms with E-state index in [1.165, 1.54) is 5.56 Å². The van der Waals surface area contributed by atoms with Crippen molar-refractivity contribution in [2.24, 2.45) is 0 Å². The molecular formula is C26H36N2O2. The molecule has 1 atom stereocenters. The molecule has 2 amide bonds. The van der Waals surface area contributed by atoms with Gasteiger partial charge in [0, 0.05) is 18.5 Å². The molecule has 1 unspecified atom stereocenters. The minimum Gasteiger partial charge on any atom is -0.350 e. The molecule has 2 aromatic rings. The summed E-state index contributed by atoms with van der Waals surface area (Å²) in [5.74, 6) is -0.136. The van der Waals surface area contributed by atoms with Crippen LogP contribution in [0.2, 0.25) is 0 Å². The van der Waals surface area contributed by atoms with Crippen LogP contribution in [0.1, 0.15) is 63.3 Å². The largest absolute Gasteiger partial charge is 0.350 e. The number of benzene rings is 2. The second-order valence-corrected chi connectivity index (χ2v) is 9.10. The first-order chi connectivity index (χ1) is 14.1. The number of aryl methyl sites for hydroxylation is 3. The lowest BCUT2D eigenvalue weighted by atomic mass is 10.0. The first-order valence-corrected chi connectivity index (χ1v) is 10.8. The Balaban J connectivity index is 2.15. The first-order valence-electron chi connectivity index (χ1n) is 10.8. The fourth-order valence-electron chi connectivity index (χ4n) is 3.40. The van der Waals surface area contributed by atoms with Gasteiger partial charge in [0.25, 0.3) is 0 Å². The van der Waals surface area contributed by atoms with Crippen LogP contribution in [-0.2, 0) is 29.0 Å². The zero-order valence-corrected chi connectivity index (χ0v) is 19.3. The van der Waals surface area contributed by atoms with Crippen LogP contribution in [0.5, 0.6) is 0 Å². The molecule has 1 N–H and O–H groups in total. The molecule has 0 heterocycles. The van der Waals surface area contributed by atoms with Crippen LogP contribution >= 0.6 is 0 Å². The lowest BCUT2D eigenvalue weighted by Gasteiger charge is -2.31. The van der Waals surface area contributed by atoms with Gasteiger partial charge in [-0.2, -0.15) is 0 Å². The maximum Gasteiger partial charge on any atom is 0.242 e. The van der Waals surface area contributed by atoms with Gasteiger partial charge in [-0.05, 0) is 64.2 Å². The number of hydrogen-bond donors (Lipinski definition) is 1. The van der Waals surface area contributed by atoms with E-state index in [0.717, 1.165) is 23.1 Å². The second kappa shape index (κ2) is 10.4. The Hall–Kier alpha value is -2.62. The highest BCUT2D eigenvalue weighted by Gasteiger charge is 2.28. The monoisotopic (exact) mass is 408 g/mol. The van der Waals surface area contributed by atoms with Crippen LogP contribution in [0.3, 0.4) is 0 Å². The molecule has 0 saturated heterocycles.